The first-order valence-electron chi connectivity index (χ1n) is 6.97. The Morgan fingerprint density at radius 1 is 1.40 bits per heavy atom. The van der Waals surface area contributed by atoms with E-state index in [1.165, 1.54) is 5.56 Å². The van der Waals surface area contributed by atoms with Crippen LogP contribution in [0.2, 0.25) is 0 Å². The highest BCUT2D eigenvalue weighted by Gasteiger charge is 2.32. The molecule has 0 aromatic heterocycles. The summed E-state index contributed by atoms with van der Waals surface area (Å²) < 4.78 is 11.9. The number of rotatable bonds is 1. The minimum atomic E-state index is -0.470. The SMILES string of the molecule is Cc1ccc2c(c1Br)N(C(=O)C1COCCO1)CCC2. The van der Waals surface area contributed by atoms with E-state index in [-0.39, 0.29) is 5.91 Å². The molecular formula is C15H18BrNO3. The lowest BCUT2D eigenvalue weighted by Gasteiger charge is -2.34. The maximum atomic E-state index is 12.7. The smallest absolute Gasteiger partial charge is 0.258 e. The number of amides is 1. The van der Waals surface area contributed by atoms with Crippen LogP contribution in [0, 0.1) is 6.92 Å². The minimum Gasteiger partial charge on any atom is -0.376 e. The molecule has 1 saturated heterocycles. The van der Waals surface area contributed by atoms with Gasteiger partial charge in [-0.2, -0.15) is 0 Å². The Morgan fingerprint density at radius 2 is 2.25 bits per heavy atom. The van der Waals surface area contributed by atoms with Crippen LogP contribution in [-0.2, 0) is 20.7 Å². The van der Waals surface area contributed by atoms with Crippen molar-refractivity contribution in [1.29, 1.82) is 0 Å². The van der Waals surface area contributed by atoms with E-state index >= 15 is 0 Å². The van der Waals surface area contributed by atoms with Crippen molar-refractivity contribution in [3.05, 3.63) is 27.7 Å². The molecule has 0 aliphatic carbocycles. The number of hydrogen-bond donors (Lipinski definition) is 0. The van der Waals surface area contributed by atoms with E-state index in [1.807, 2.05) is 11.8 Å². The number of nitrogens with zero attached hydrogens (tertiary/aromatic N) is 1. The fraction of sp³-hybridized carbons (Fsp3) is 0.533. The number of halogens is 1. The second kappa shape index (κ2) is 5.84. The molecule has 1 amide bonds. The largest absolute Gasteiger partial charge is 0.376 e. The van der Waals surface area contributed by atoms with E-state index in [1.54, 1.807) is 0 Å². The summed E-state index contributed by atoms with van der Waals surface area (Å²) in [7, 11) is 0. The number of ether oxygens (including phenoxy) is 2. The molecular weight excluding hydrogens is 322 g/mol. The molecule has 2 aliphatic rings. The van der Waals surface area contributed by atoms with E-state index in [2.05, 4.69) is 28.1 Å². The van der Waals surface area contributed by atoms with Gasteiger partial charge in [-0.25, -0.2) is 0 Å². The van der Waals surface area contributed by atoms with Gasteiger partial charge in [0.25, 0.3) is 5.91 Å². The summed E-state index contributed by atoms with van der Waals surface area (Å²) in [5.41, 5.74) is 3.37. The Bertz CT molecular complexity index is 526. The lowest BCUT2D eigenvalue weighted by Crippen LogP contribution is -2.47. The number of benzene rings is 1. The zero-order chi connectivity index (χ0) is 14.1. The summed E-state index contributed by atoms with van der Waals surface area (Å²) in [6, 6.07) is 4.21. The van der Waals surface area contributed by atoms with Crippen molar-refractivity contribution in [2.75, 3.05) is 31.3 Å². The Labute approximate surface area is 127 Å². The summed E-state index contributed by atoms with van der Waals surface area (Å²) >= 11 is 3.63. The molecule has 3 rings (SSSR count). The van der Waals surface area contributed by atoms with Crippen LogP contribution in [0.3, 0.4) is 0 Å². The van der Waals surface area contributed by atoms with Crippen LogP contribution >= 0.6 is 15.9 Å². The van der Waals surface area contributed by atoms with Crippen molar-refractivity contribution in [2.24, 2.45) is 0 Å². The van der Waals surface area contributed by atoms with Crippen LogP contribution in [0.4, 0.5) is 5.69 Å². The van der Waals surface area contributed by atoms with Gasteiger partial charge in [0, 0.05) is 11.0 Å². The molecule has 1 fully saturated rings. The molecule has 1 atom stereocenters. The summed E-state index contributed by atoms with van der Waals surface area (Å²) in [5, 5.41) is 0. The first kappa shape index (κ1) is 14.0. The molecule has 1 aromatic rings. The van der Waals surface area contributed by atoms with Crippen molar-refractivity contribution >= 4 is 27.5 Å². The summed E-state index contributed by atoms with van der Waals surface area (Å²) in [6.45, 7) is 4.21. The first-order chi connectivity index (χ1) is 9.68. The third kappa shape index (κ3) is 2.50. The highest BCUT2D eigenvalue weighted by Crippen LogP contribution is 2.37. The fourth-order valence-corrected chi connectivity index (χ4v) is 3.36. The van der Waals surface area contributed by atoms with Gasteiger partial charge in [-0.05, 0) is 46.8 Å². The van der Waals surface area contributed by atoms with E-state index < -0.39 is 6.10 Å². The van der Waals surface area contributed by atoms with Gasteiger partial charge in [-0.15, -0.1) is 0 Å². The van der Waals surface area contributed by atoms with Crippen LogP contribution in [-0.4, -0.2) is 38.4 Å². The van der Waals surface area contributed by atoms with Crippen LogP contribution in [0.15, 0.2) is 16.6 Å². The second-order valence-electron chi connectivity index (χ2n) is 5.23. The predicted octanol–water partition coefficient (Wildman–Crippen LogP) is 2.45. The lowest BCUT2D eigenvalue weighted by molar-refractivity contribution is -0.144. The van der Waals surface area contributed by atoms with Crippen molar-refractivity contribution in [2.45, 2.75) is 25.9 Å². The summed E-state index contributed by atoms with van der Waals surface area (Å²) in [5.74, 6) is 0.0111. The van der Waals surface area contributed by atoms with Gasteiger partial charge in [0.2, 0.25) is 0 Å². The van der Waals surface area contributed by atoms with E-state index in [0.717, 1.165) is 35.1 Å². The van der Waals surface area contributed by atoms with Gasteiger partial charge in [0.15, 0.2) is 6.10 Å². The zero-order valence-electron chi connectivity index (χ0n) is 11.5. The van der Waals surface area contributed by atoms with E-state index in [4.69, 9.17) is 9.47 Å². The Morgan fingerprint density at radius 3 is 3.00 bits per heavy atom. The minimum absolute atomic E-state index is 0.0111. The average Bonchev–Trinajstić information content (AvgIpc) is 2.50. The predicted molar refractivity (Wildman–Crippen MR) is 80.1 cm³/mol. The number of carbonyl (C=O) groups is 1. The quantitative estimate of drug-likeness (QED) is 0.788. The highest BCUT2D eigenvalue weighted by atomic mass is 79.9. The van der Waals surface area contributed by atoms with Gasteiger partial charge in [-0.1, -0.05) is 12.1 Å². The summed E-state index contributed by atoms with van der Waals surface area (Å²) in [6.07, 6.45) is 1.53. The number of aryl methyl sites for hydroxylation is 2. The molecule has 1 aromatic carbocycles. The molecule has 0 radical (unpaired) electrons. The molecule has 0 saturated carbocycles. The van der Waals surface area contributed by atoms with Gasteiger partial charge < -0.3 is 14.4 Å². The molecule has 0 bridgehead atoms. The number of hydrogen-bond acceptors (Lipinski definition) is 3. The van der Waals surface area contributed by atoms with Gasteiger partial charge in [-0.3, -0.25) is 4.79 Å². The molecule has 0 spiro atoms. The van der Waals surface area contributed by atoms with Crippen molar-refractivity contribution in [3.63, 3.8) is 0 Å². The maximum Gasteiger partial charge on any atom is 0.258 e. The molecule has 20 heavy (non-hydrogen) atoms. The fourth-order valence-electron chi connectivity index (χ4n) is 2.76. The van der Waals surface area contributed by atoms with Crippen molar-refractivity contribution in [3.8, 4) is 0 Å². The number of fused-ring (bicyclic) bond motifs is 1. The van der Waals surface area contributed by atoms with Crippen LogP contribution in [0.1, 0.15) is 17.5 Å². The lowest BCUT2D eigenvalue weighted by atomic mass is 9.99. The maximum absolute atomic E-state index is 12.7. The molecule has 4 nitrogen and oxygen atoms in total. The first-order valence-corrected chi connectivity index (χ1v) is 7.76. The monoisotopic (exact) mass is 339 g/mol. The van der Waals surface area contributed by atoms with Crippen molar-refractivity contribution < 1.29 is 14.3 Å². The third-order valence-electron chi connectivity index (χ3n) is 3.85. The van der Waals surface area contributed by atoms with Gasteiger partial charge in [0.1, 0.15) is 0 Å². The molecule has 1 unspecified atom stereocenters. The van der Waals surface area contributed by atoms with Crippen LogP contribution < -0.4 is 4.90 Å². The van der Waals surface area contributed by atoms with E-state index in [0.29, 0.717) is 19.8 Å². The second-order valence-corrected chi connectivity index (χ2v) is 6.02. The number of carbonyl (C=O) groups excluding carboxylic acids is 1. The average molecular weight is 340 g/mol. The standard InChI is InChI=1S/C15H18BrNO3/c1-10-4-5-11-3-2-6-17(14(11)13(10)16)15(18)12-9-19-7-8-20-12/h4-5,12H,2-3,6-9H2,1H3. The summed E-state index contributed by atoms with van der Waals surface area (Å²) in [4.78, 5) is 14.5. The Balaban J connectivity index is 1.92. The van der Waals surface area contributed by atoms with Crippen LogP contribution in [0.25, 0.3) is 0 Å². The Hall–Kier alpha value is -0.910. The molecule has 5 heteroatoms. The molecule has 2 aliphatic heterocycles. The molecule has 108 valence electrons. The topological polar surface area (TPSA) is 38.8 Å². The van der Waals surface area contributed by atoms with E-state index in [9.17, 15) is 4.79 Å². The third-order valence-corrected chi connectivity index (χ3v) is 4.85. The van der Waals surface area contributed by atoms with Gasteiger partial charge in [0.05, 0.1) is 25.5 Å². The van der Waals surface area contributed by atoms with Crippen LogP contribution in [0.5, 0.6) is 0 Å². The Kier molecular flexibility index (Phi) is 4.10. The number of anilines is 1. The molecule has 0 N–H and O–H groups in total. The van der Waals surface area contributed by atoms with Crippen molar-refractivity contribution in [1.82, 2.24) is 0 Å². The zero-order valence-corrected chi connectivity index (χ0v) is 13.1. The molecule has 2 heterocycles. The highest BCUT2D eigenvalue weighted by molar-refractivity contribution is 9.10. The van der Waals surface area contributed by atoms with Gasteiger partial charge >= 0.3 is 0 Å². The normalized spacial score (nSPS) is 22.5.